The summed E-state index contributed by atoms with van der Waals surface area (Å²) in [6.07, 6.45) is 1.19. The zero-order valence-electron chi connectivity index (χ0n) is 16.7. The Morgan fingerprint density at radius 2 is 1.96 bits per heavy atom. The second-order valence-corrected chi connectivity index (χ2v) is 7.25. The summed E-state index contributed by atoms with van der Waals surface area (Å²) in [5, 5.41) is 4.30. The van der Waals surface area contributed by atoms with Crippen LogP contribution >= 0.6 is 0 Å². The molecule has 0 saturated carbocycles. The van der Waals surface area contributed by atoms with E-state index in [-0.39, 0.29) is 18.1 Å². The third-order valence-corrected chi connectivity index (χ3v) is 4.86. The van der Waals surface area contributed by atoms with E-state index in [1.165, 1.54) is 0 Å². The number of ether oxygens (including phenoxy) is 1. The number of carbonyl (C=O) groups is 2. The molecule has 1 aromatic heterocycles. The van der Waals surface area contributed by atoms with Gasteiger partial charge in [0.05, 0.1) is 29.7 Å². The molecule has 0 bridgehead atoms. The number of aromatic nitrogens is 2. The van der Waals surface area contributed by atoms with Gasteiger partial charge in [0.1, 0.15) is 0 Å². The average molecular weight is 370 g/mol. The molecule has 1 atom stereocenters. The maximum absolute atomic E-state index is 12.7. The molecule has 0 fully saturated rings. The molecule has 0 N–H and O–H groups in total. The van der Waals surface area contributed by atoms with Crippen LogP contribution in [0.15, 0.2) is 24.4 Å². The number of hydrogen-bond donors (Lipinski definition) is 0. The summed E-state index contributed by atoms with van der Waals surface area (Å²) in [4.78, 5) is 28.3. The van der Waals surface area contributed by atoms with E-state index in [1.807, 2.05) is 63.8 Å². The van der Waals surface area contributed by atoms with E-state index in [0.29, 0.717) is 17.9 Å². The number of fused-ring (bicyclic) bond motifs is 1. The van der Waals surface area contributed by atoms with Gasteiger partial charge in [-0.25, -0.2) is 4.79 Å². The number of benzene rings is 1. The van der Waals surface area contributed by atoms with Crippen molar-refractivity contribution >= 4 is 23.4 Å². The molecule has 3 rings (SSSR count). The Labute approximate surface area is 159 Å². The van der Waals surface area contributed by atoms with Crippen molar-refractivity contribution in [3.63, 3.8) is 0 Å². The van der Waals surface area contributed by atoms with Gasteiger partial charge in [-0.2, -0.15) is 5.10 Å². The van der Waals surface area contributed by atoms with E-state index < -0.39 is 6.09 Å². The predicted octanol–water partition coefficient (Wildman–Crippen LogP) is 3.50. The SMILES string of the molecule is CC(=O)N1c2ccc(-c3cnn(C)c3C)cc2N(C(=O)OC(C)C)C[C@@H]1C. The molecule has 0 aliphatic carbocycles. The molecule has 2 aromatic rings. The molecule has 7 heteroatoms. The van der Waals surface area contributed by atoms with E-state index in [9.17, 15) is 9.59 Å². The fraction of sp³-hybridized carbons (Fsp3) is 0.450. The average Bonchev–Trinajstić information content (AvgIpc) is 2.92. The van der Waals surface area contributed by atoms with Crippen LogP contribution in [0.4, 0.5) is 16.2 Å². The van der Waals surface area contributed by atoms with Gasteiger partial charge in [0.2, 0.25) is 5.91 Å². The highest BCUT2D eigenvalue weighted by molar-refractivity contribution is 6.03. The second kappa shape index (κ2) is 7.06. The van der Waals surface area contributed by atoms with Crippen molar-refractivity contribution < 1.29 is 14.3 Å². The smallest absolute Gasteiger partial charge is 0.414 e. The van der Waals surface area contributed by atoms with E-state index in [0.717, 1.165) is 16.8 Å². The van der Waals surface area contributed by atoms with Crippen molar-refractivity contribution in [2.24, 2.45) is 7.05 Å². The number of hydrogen-bond acceptors (Lipinski definition) is 4. The number of amides is 2. The standard InChI is InChI=1S/C20H26N4O3/c1-12(2)27-20(26)23-11-13(3)24(15(5)25)18-8-7-16(9-19(18)23)17-10-21-22(6)14(17)4/h7-10,12-13H,11H2,1-6H3/t13-/m0/s1. The van der Waals surface area contributed by atoms with Crippen LogP contribution in [-0.4, -0.2) is 40.5 Å². The van der Waals surface area contributed by atoms with Crippen molar-refractivity contribution in [2.75, 3.05) is 16.3 Å². The van der Waals surface area contributed by atoms with Gasteiger partial charge in [-0.3, -0.25) is 14.4 Å². The first-order chi connectivity index (χ1) is 12.7. The zero-order chi connectivity index (χ0) is 19.9. The quantitative estimate of drug-likeness (QED) is 0.811. The monoisotopic (exact) mass is 370 g/mol. The minimum atomic E-state index is -0.402. The third kappa shape index (κ3) is 3.41. The van der Waals surface area contributed by atoms with Gasteiger partial charge in [0.15, 0.2) is 0 Å². The van der Waals surface area contributed by atoms with Gasteiger partial charge in [0, 0.05) is 31.8 Å². The van der Waals surface area contributed by atoms with Gasteiger partial charge >= 0.3 is 6.09 Å². The minimum absolute atomic E-state index is 0.0501. The second-order valence-electron chi connectivity index (χ2n) is 7.25. The fourth-order valence-corrected chi connectivity index (χ4v) is 3.49. The molecule has 1 aliphatic heterocycles. The van der Waals surface area contributed by atoms with Gasteiger partial charge in [-0.15, -0.1) is 0 Å². The summed E-state index contributed by atoms with van der Waals surface area (Å²) in [5.74, 6) is -0.0501. The largest absolute Gasteiger partial charge is 0.446 e. The molecule has 7 nitrogen and oxygen atoms in total. The van der Waals surface area contributed by atoms with E-state index in [1.54, 1.807) is 16.7 Å². The summed E-state index contributed by atoms with van der Waals surface area (Å²) < 4.78 is 7.24. The predicted molar refractivity (Wildman–Crippen MR) is 105 cm³/mol. The lowest BCUT2D eigenvalue weighted by molar-refractivity contribution is -0.117. The molecule has 0 saturated heterocycles. The van der Waals surface area contributed by atoms with Crippen LogP contribution in [0.25, 0.3) is 11.1 Å². The lowest BCUT2D eigenvalue weighted by Gasteiger charge is -2.40. The number of nitrogens with zero attached hydrogens (tertiary/aromatic N) is 4. The molecule has 1 aliphatic rings. The van der Waals surface area contributed by atoms with Crippen molar-refractivity contribution in [2.45, 2.75) is 46.8 Å². The van der Waals surface area contributed by atoms with Crippen LogP contribution in [-0.2, 0) is 16.6 Å². The van der Waals surface area contributed by atoms with Gasteiger partial charge < -0.3 is 9.64 Å². The number of carbonyl (C=O) groups excluding carboxylic acids is 2. The third-order valence-electron chi connectivity index (χ3n) is 4.86. The number of aryl methyl sites for hydroxylation is 1. The van der Waals surface area contributed by atoms with E-state index in [2.05, 4.69) is 5.10 Å². The fourth-order valence-electron chi connectivity index (χ4n) is 3.49. The highest BCUT2D eigenvalue weighted by Crippen LogP contribution is 2.39. The normalized spacial score (nSPS) is 16.5. The highest BCUT2D eigenvalue weighted by atomic mass is 16.6. The Morgan fingerprint density at radius 1 is 1.26 bits per heavy atom. The zero-order valence-corrected chi connectivity index (χ0v) is 16.7. The van der Waals surface area contributed by atoms with Crippen LogP contribution in [0.1, 0.15) is 33.4 Å². The summed E-state index contributed by atoms with van der Waals surface area (Å²) in [7, 11) is 1.89. The van der Waals surface area contributed by atoms with E-state index in [4.69, 9.17) is 4.74 Å². The molecule has 2 amide bonds. The first-order valence-electron chi connectivity index (χ1n) is 9.11. The molecule has 144 valence electrons. The van der Waals surface area contributed by atoms with Crippen molar-refractivity contribution in [1.29, 1.82) is 0 Å². The Balaban J connectivity index is 2.13. The highest BCUT2D eigenvalue weighted by Gasteiger charge is 2.35. The Kier molecular flexibility index (Phi) is 4.95. The summed E-state index contributed by atoms with van der Waals surface area (Å²) in [6, 6.07) is 5.65. The van der Waals surface area contributed by atoms with E-state index >= 15 is 0 Å². The van der Waals surface area contributed by atoms with Crippen LogP contribution in [0.5, 0.6) is 0 Å². The molecule has 0 spiro atoms. The van der Waals surface area contributed by atoms with Gasteiger partial charge in [-0.1, -0.05) is 6.07 Å². The van der Waals surface area contributed by atoms with Crippen LogP contribution in [0, 0.1) is 6.92 Å². The Morgan fingerprint density at radius 3 is 2.52 bits per heavy atom. The number of rotatable bonds is 2. The van der Waals surface area contributed by atoms with Crippen molar-refractivity contribution in [3.8, 4) is 11.1 Å². The van der Waals surface area contributed by atoms with Crippen LogP contribution < -0.4 is 9.80 Å². The van der Waals surface area contributed by atoms with Crippen molar-refractivity contribution in [1.82, 2.24) is 9.78 Å². The lowest BCUT2D eigenvalue weighted by Crippen LogP contribution is -2.51. The summed E-state index contributed by atoms with van der Waals surface area (Å²) >= 11 is 0. The van der Waals surface area contributed by atoms with Crippen molar-refractivity contribution in [3.05, 3.63) is 30.1 Å². The molecule has 0 radical (unpaired) electrons. The summed E-state index contributed by atoms with van der Waals surface area (Å²) in [6.45, 7) is 9.50. The Hall–Kier alpha value is -2.83. The Bertz CT molecular complexity index is 887. The topological polar surface area (TPSA) is 67.7 Å². The number of anilines is 2. The molecule has 1 aromatic carbocycles. The first kappa shape index (κ1) is 18.9. The molecule has 0 unspecified atom stereocenters. The first-order valence-corrected chi connectivity index (χ1v) is 9.11. The summed E-state index contributed by atoms with van der Waals surface area (Å²) in [5.41, 5.74) is 4.35. The molecular formula is C20H26N4O3. The van der Waals surface area contributed by atoms with Gasteiger partial charge in [0.25, 0.3) is 0 Å². The van der Waals surface area contributed by atoms with Crippen LogP contribution in [0.2, 0.25) is 0 Å². The maximum Gasteiger partial charge on any atom is 0.414 e. The molecular weight excluding hydrogens is 344 g/mol. The maximum atomic E-state index is 12.7. The molecule has 27 heavy (non-hydrogen) atoms. The van der Waals surface area contributed by atoms with Crippen LogP contribution in [0.3, 0.4) is 0 Å². The molecule has 2 heterocycles. The lowest BCUT2D eigenvalue weighted by atomic mass is 10.0. The van der Waals surface area contributed by atoms with Gasteiger partial charge in [-0.05, 0) is 45.4 Å². The minimum Gasteiger partial charge on any atom is -0.446 e.